The highest BCUT2D eigenvalue weighted by atomic mass is 32.2. The molecular weight excluding hydrogens is 701 g/mol. The fraction of sp³-hybridized carbons (Fsp3) is 0.641. The van der Waals surface area contributed by atoms with Gasteiger partial charge in [0.25, 0.3) is 0 Å². The van der Waals surface area contributed by atoms with Gasteiger partial charge in [-0.25, -0.2) is 18.4 Å². The van der Waals surface area contributed by atoms with Gasteiger partial charge in [0, 0.05) is 18.9 Å². The van der Waals surface area contributed by atoms with Gasteiger partial charge in [0.1, 0.15) is 23.8 Å². The molecular formula is C39H52N4O9S. The maximum atomic E-state index is 14.8. The Balaban J connectivity index is 1.34. The van der Waals surface area contributed by atoms with Gasteiger partial charge in [0.05, 0.1) is 53.6 Å². The summed E-state index contributed by atoms with van der Waals surface area (Å²) in [6.07, 6.45) is 7.92. The normalized spacial score (nSPS) is 30.3. The first-order valence-electron chi connectivity index (χ1n) is 18.7. The van der Waals surface area contributed by atoms with E-state index in [1.54, 1.807) is 46.1 Å². The second-order valence-corrected chi connectivity index (χ2v) is 18.5. The molecule has 4 aliphatic rings. The molecule has 0 unspecified atom stereocenters. The molecule has 1 aromatic heterocycles. The van der Waals surface area contributed by atoms with Crippen LogP contribution in [-0.2, 0) is 33.9 Å². The van der Waals surface area contributed by atoms with E-state index in [-0.39, 0.29) is 61.1 Å². The van der Waals surface area contributed by atoms with Gasteiger partial charge in [-0.3, -0.25) is 23.9 Å². The molecule has 2 saturated carbocycles. The molecule has 3 fully saturated rings. The third-order valence-corrected chi connectivity index (χ3v) is 12.9. The number of nitrogens with one attached hydrogen (secondary N) is 1. The van der Waals surface area contributed by atoms with Crippen molar-refractivity contribution in [2.45, 2.75) is 115 Å². The molecule has 288 valence electrons. The number of ether oxygens (including phenoxy) is 3. The smallest absolute Gasteiger partial charge is 0.307 e. The molecule has 1 saturated heterocycles. The highest BCUT2D eigenvalue weighted by Crippen LogP contribution is 2.57. The number of hydrogen-bond acceptors (Lipinski definition) is 11. The molecule has 2 aromatic rings. The zero-order valence-corrected chi connectivity index (χ0v) is 32.3. The van der Waals surface area contributed by atoms with Crippen molar-refractivity contribution in [3.63, 3.8) is 0 Å². The van der Waals surface area contributed by atoms with Crippen LogP contribution in [0.15, 0.2) is 36.7 Å². The van der Waals surface area contributed by atoms with E-state index in [0.29, 0.717) is 42.3 Å². The maximum Gasteiger partial charge on any atom is 0.307 e. The van der Waals surface area contributed by atoms with E-state index >= 15 is 0 Å². The molecule has 0 radical (unpaired) electrons. The molecule has 6 rings (SSSR count). The summed E-state index contributed by atoms with van der Waals surface area (Å²) in [7, 11) is -2.29. The van der Waals surface area contributed by atoms with Crippen molar-refractivity contribution in [1.29, 1.82) is 0 Å². The van der Waals surface area contributed by atoms with Gasteiger partial charge in [-0.15, -0.1) is 0 Å². The number of rotatable bonds is 8. The van der Waals surface area contributed by atoms with Crippen LogP contribution >= 0.6 is 0 Å². The number of benzene rings is 1. The minimum absolute atomic E-state index is 0.0442. The molecule has 2 amide bonds. The predicted molar refractivity (Wildman–Crippen MR) is 196 cm³/mol. The first-order chi connectivity index (χ1) is 25.0. The number of esters is 1. The van der Waals surface area contributed by atoms with Crippen LogP contribution < -0.4 is 14.2 Å². The van der Waals surface area contributed by atoms with Crippen molar-refractivity contribution >= 4 is 44.5 Å². The van der Waals surface area contributed by atoms with Crippen molar-refractivity contribution < 1.29 is 41.8 Å². The molecule has 2 aliphatic heterocycles. The number of carbonyl (C=O) groups is 4. The van der Waals surface area contributed by atoms with Gasteiger partial charge in [-0.05, 0) is 89.2 Å². The Morgan fingerprint density at radius 1 is 1.08 bits per heavy atom. The zero-order chi connectivity index (χ0) is 38.3. The van der Waals surface area contributed by atoms with Gasteiger partial charge in [0.2, 0.25) is 27.7 Å². The Kier molecular flexibility index (Phi) is 10.9. The minimum Gasteiger partial charge on any atom is -0.497 e. The van der Waals surface area contributed by atoms with Crippen LogP contribution in [0.2, 0.25) is 0 Å². The summed E-state index contributed by atoms with van der Waals surface area (Å²) in [4.78, 5) is 66.6. The fourth-order valence-corrected chi connectivity index (χ4v) is 9.32. The van der Waals surface area contributed by atoms with Crippen molar-refractivity contribution in [1.82, 2.24) is 19.6 Å². The van der Waals surface area contributed by atoms with Crippen molar-refractivity contribution in [2.75, 3.05) is 13.7 Å². The highest BCUT2D eigenvalue weighted by molar-refractivity contribution is 7.90. The van der Waals surface area contributed by atoms with E-state index in [9.17, 15) is 27.6 Å². The standard InChI is InChI=1S/C39H52N4O9S/c1-23-9-7-8-10-25-19-39(25,37(47)42-53(48,49)28-12-13-28)20-33(44)32-17-27(51-35-29-14-11-26(50-6)16-31(29)40-22-41-35)21-43(32)36(46)30(24(2)15-23)18-34(45)52-38(3,4)5/h8,10-11,14,16,22-25,27-28,30,32H,7,9,12-13,15,17-21H2,1-6H3,(H,42,47)/b10-8-/t23-,24+,25+,27+,30-,32-,39+/m0/s1. The van der Waals surface area contributed by atoms with Crippen LogP contribution in [0.3, 0.4) is 0 Å². The molecule has 2 aliphatic carbocycles. The predicted octanol–water partition coefficient (Wildman–Crippen LogP) is 4.92. The van der Waals surface area contributed by atoms with Crippen LogP contribution in [0.4, 0.5) is 0 Å². The third-order valence-electron chi connectivity index (χ3n) is 11.1. The summed E-state index contributed by atoms with van der Waals surface area (Å²) < 4.78 is 45.5. The van der Waals surface area contributed by atoms with Gasteiger partial charge in [-0.2, -0.15) is 0 Å². The molecule has 14 heteroatoms. The van der Waals surface area contributed by atoms with Gasteiger partial charge >= 0.3 is 5.97 Å². The molecule has 1 aromatic carbocycles. The lowest BCUT2D eigenvalue weighted by molar-refractivity contribution is -0.160. The first kappa shape index (κ1) is 38.6. The average Bonchev–Trinajstić information content (AvgIpc) is 4.01. The van der Waals surface area contributed by atoms with Crippen LogP contribution in [0.5, 0.6) is 11.6 Å². The Bertz CT molecular complexity index is 1890. The van der Waals surface area contributed by atoms with Crippen molar-refractivity contribution in [3.8, 4) is 11.6 Å². The Morgan fingerprint density at radius 2 is 1.83 bits per heavy atom. The summed E-state index contributed by atoms with van der Waals surface area (Å²) in [6, 6.07) is 4.33. The average molecular weight is 753 g/mol. The number of fused-ring (bicyclic) bond motifs is 3. The summed E-state index contributed by atoms with van der Waals surface area (Å²) >= 11 is 0. The topological polar surface area (TPSA) is 171 Å². The number of methoxy groups -OCH3 is 1. The summed E-state index contributed by atoms with van der Waals surface area (Å²) in [5, 5.41) is 0.0275. The van der Waals surface area contributed by atoms with Crippen LogP contribution in [0, 0.1) is 29.1 Å². The molecule has 53 heavy (non-hydrogen) atoms. The van der Waals surface area contributed by atoms with E-state index < -0.39 is 56.2 Å². The van der Waals surface area contributed by atoms with Crippen LogP contribution in [0.25, 0.3) is 10.9 Å². The van der Waals surface area contributed by atoms with E-state index in [0.717, 1.165) is 12.8 Å². The third kappa shape index (κ3) is 8.84. The molecule has 13 nitrogen and oxygen atoms in total. The fourth-order valence-electron chi connectivity index (χ4n) is 7.94. The highest BCUT2D eigenvalue weighted by Gasteiger charge is 2.61. The first-order valence-corrected chi connectivity index (χ1v) is 20.3. The van der Waals surface area contributed by atoms with Gasteiger partial charge in [0.15, 0.2) is 5.78 Å². The number of nitrogens with zero attached hydrogens (tertiary/aromatic N) is 3. The SMILES string of the molecule is COc1ccc2c(O[C@@H]3C[C@H]4C(=O)C[C@]5(C(=O)NS(=O)(=O)C6CC6)C[C@H]5/C=C\CC[C@H](C)C[C@@H](C)[C@H](CC(=O)OC(C)(C)C)C(=O)N4C3)ncnc2c1. The number of carbonyl (C=O) groups excluding carboxylic acids is 4. The monoisotopic (exact) mass is 752 g/mol. The van der Waals surface area contributed by atoms with Crippen LogP contribution in [-0.4, -0.2) is 83.5 Å². The molecule has 1 N–H and O–H groups in total. The van der Waals surface area contributed by atoms with Gasteiger partial charge in [-0.1, -0.05) is 26.0 Å². The van der Waals surface area contributed by atoms with Crippen LogP contribution in [0.1, 0.15) is 92.4 Å². The minimum atomic E-state index is -3.85. The Morgan fingerprint density at radius 3 is 2.53 bits per heavy atom. The summed E-state index contributed by atoms with van der Waals surface area (Å²) in [5.74, 6) is -2.08. The molecule has 3 heterocycles. The second-order valence-electron chi connectivity index (χ2n) is 16.5. The second kappa shape index (κ2) is 15.0. The van der Waals surface area contributed by atoms with Crippen molar-refractivity contribution in [3.05, 3.63) is 36.7 Å². The molecule has 7 atom stereocenters. The van der Waals surface area contributed by atoms with E-state index in [4.69, 9.17) is 14.2 Å². The number of sulfonamides is 1. The lowest BCUT2D eigenvalue weighted by atomic mass is 9.82. The summed E-state index contributed by atoms with van der Waals surface area (Å²) in [5.41, 5.74) is -1.40. The van der Waals surface area contributed by atoms with E-state index in [1.165, 1.54) is 11.2 Å². The van der Waals surface area contributed by atoms with E-state index in [1.807, 2.05) is 19.1 Å². The lowest BCUT2D eigenvalue weighted by Gasteiger charge is -2.32. The zero-order valence-electron chi connectivity index (χ0n) is 31.5. The number of Topliss-reactive ketones (excluding diaryl/α,β-unsaturated/α-hetero) is 1. The summed E-state index contributed by atoms with van der Waals surface area (Å²) in [6.45, 7) is 9.46. The number of allylic oxidation sites excluding steroid dienone is 2. The quantitative estimate of drug-likeness (QED) is 0.287. The van der Waals surface area contributed by atoms with Crippen molar-refractivity contribution in [2.24, 2.45) is 29.1 Å². The Labute approximate surface area is 311 Å². The van der Waals surface area contributed by atoms with E-state index in [2.05, 4.69) is 21.6 Å². The number of hydrogen-bond donors (Lipinski definition) is 1. The number of ketones is 1. The Hall–Kier alpha value is -4.07. The largest absolute Gasteiger partial charge is 0.497 e. The number of amides is 2. The number of aromatic nitrogens is 2. The molecule has 0 spiro atoms. The lowest BCUT2D eigenvalue weighted by Crippen LogP contribution is -2.47. The van der Waals surface area contributed by atoms with Gasteiger partial charge < -0.3 is 19.1 Å². The molecule has 0 bridgehead atoms. The maximum absolute atomic E-state index is 14.8.